The van der Waals surface area contributed by atoms with Crippen LogP contribution in [-0.2, 0) is 14.6 Å². The van der Waals surface area contributed by atoms with Crippen LogP contribution in [0.3, 0.4) is 0 Å². The zero-order valence-corrected chi connectivity index (χ0v) is 12.1. The Balaban J connectivity index is 2.97. The van der Waals surface area contributed by atoms with Crippen LogP contribution >= 0.6 is 11.8 Å². The Morgan fingerprint density at radius 2 is 2.12 bits per heavy atom. The van der Waals surface area contributed by atoms with E-state index >= 15 is 0 Å². The van der Waals surface area contributed by atoms with Crippen molar-refractivity contribution < 1.29 is 13.2 Å². The van der Waals surface area contributed by atoms with Gasteiger partial charge in [-0.2, -0.15) is 11.8 Å². The molecule has 1 rings (SSSR count). The zero-order chi connectivity index (χ0) is 13.3. The lowest BCUT2D eigenvalue weighted by Crippen LogP contribution is -2.55. The molecule has 2 N–H and O–H groups in total. The van der Waals surface area contributed by atoms with Crippen molar-refractivity contribution in [3.63, 3.8) is 0 Å². The Morgan fingerprint density at radius 1 is 1.53 bits per heavy atom. The van der Waals surface area contributed by atoms with Crippen LogP contribution in [0.1, 0.15) is 13.8 Å². The molecule has 1 aliphatic heterocycles. The van der Waals surface area contributed by atoms with Crippen LogP contribution in [0.2, 0.25) is 0 Å². The van der Waals surface area contributed by atoms with E-state index in [-0.39, 0.29) is 12.5 Å². The van der Waals surface area contributed by atoms with Gasteiger partial charge in [0.15, 0.2) is 9.84 Å². The summed E-state index contributed by atoms with van der Waals surface area (Å²) in [5.41, 5.74) is 4.86. The number of nitrogens with zero attached hydrogens (tertiary/aromatic N) is 1. The molecule has 1 unspecified atom stereocenters. The maximum Gasteiger partial charge on any atom is 0.230 e. The normalized spacial score (nSPS) is 22.6. The smallest absolute Gasteiger partial charge is 0.230 e. The van der Waals surface area contributed by atoms with Crippen molar-refractivity contribution in [3.8, 4) is 0 Å². The number of thioether (sulfide) groups is 1. The number of rotatable bonds is 3. The Morgan fingerprint density at radius 3 is 2.59 bits per heavy atom. The molecule has 0 radical (unpaired) electrons. The Labute approximate surface area is 107 Å². The highest BCUT2D eigenvalue weighted by Crippen LogP contribution is 2.26. The maximum absolute atomic E-state index is 12.3. The number of carbonyl (C=O) groups excluding carboxylic acids is 1. The molecule has 0 bridgehead atoms. The van der Waals surface area contributed by atoms with Gasteiger partial charge in [0.05, 0.1) is 5.41 Å². The van der Waals surface area contributed by atoms with Gasteiger partial charge in [-0.3, -0.25) is 4.79 Å². The van der Waals surface area contributed by atoms with Gasteiger partial charge in [-0.15, -0.1) is 0 Å². The largest absolute Gasteiger partial charge is 0.329 e. The lowest BCUT2D eigenvalue weighted by Gasteiger charge is -2.38. The molecule has 5 nitrogen and oxygen atoms in total. The molecule has 1 aliphatic rings. The van der Waals surface area contributed by atoms with E-state index in [1.54, 1.807) is 25.6 Å². The minimum atomic E-state index is -3.25. The average molecular weight is 280 g/mol. The lowest BCUT2D eigenvalue weighted by atomic mass is 9.92. The third-order valence-corrected chi connectivity index (χ3v) is 5.57. The zero-order valence-electron chi connectivity index (χ0n) is 10.5. The predicted octanol–water partition coefficient (Wildman–Crippen LogP) is -0.0826. The van der Waals surface area contributed by atoms with Crippen molar-refractivity contribution in [3.05, 3.63) is 0 Å². The fraction of sp³-hybridized carbons (Fsp3) is 0.900. The van der Waals surface area contributed by atoms with Crippen molar-refractivity contribution in [2.45, 2.75) is 19.2 Å². The van der Waals surface area contributed by atoms with Crippen molar-refractivity contribution >= 4 is 27.5 Å². The Bertz CT molecular complexity index is 392. The van der Waals surface area contributed by atoms with Gasteiger partial charge in [0.2, 0.25) is 5.91 Å². The number of nitrogens with two attached hydrogens (primary N) is 1. The molecule has 17 heavy (non-hydrogen) atoms. The average Bonchev–Trinajstić information content (AvgIpc) is 2.27. The number of hydrogen-bond acceptors (Lipinski definition) is 5. The number of carbonyl (C=O) groups is 1. The number of sulfone groups is 1. The Hall–Kier alpha value is -0.270. The van der Waals surface area contributed by atoms with Crippen LogP contribution in [0.4, 0.5) is 0 Å². The summed E-state index contributed by atoms with van der Waals surface area (Å²) in [6.07, 6.45) is 1.18. The number of hydrogen-bond donors (Lipinski definition) is 1. The molecule has 7 heteroatoms. The molecule has 0 spiro atoms. The van der Waals surface area contributed by atoms with Gasteiger partial charge in [-0.05, 0) is 13.8 Å². The summed E-state index contributed by atoms with van der Waals surface area (Å²) in [6, 6.07) is 0. The van der Waals surface area contributed by atoms with E-state index in [1.165, 1.54) is 11.2 Å². The van der Waals surface area contributed by atoms with E-state index in [1.807, 2.05) is 0 Å². The van der Waals surface area contributed by atoms with Crippen LogP contribution < -0.4 is 5.73 Å². The highest BCUT2D eigenvalue weighted by molar-refractivity contribution is 8.00. The van der Waals surface area contributed by atoms with Gasteiger partial charge in [-0.25, -0.2) is 8.42 Å². The molecular formula is C10H20N2O3S2. The molecule has 0 aromatic carbocycles. The van der Waals surface area contributed by atoms with E-state index in [0.717, 1.165) is 5.75 Å². The van der Waals surface area contributed by atoms with Crippen LogP contribution in [-0.4, -0.2) is 55.4 Å². The van der Waals surface area contributed by atoms with Crippen molar-refractivity contribution in [2.75, 3.05) is 30.9 Å². The van der Waals surface area contributed by atoms with Gasteiger partial charge < -0.3 is 10.6 Å². The molecule has 0 aliphatic carbocycles. The Kier molecular flexibility index (Phi) is 4.49. The first kappa shape index (κ1) is 14.8. The van der Waals surface area contributed by atoms with Gasteiger partial charge in [0.25, 0.3) is 0 Å². The summed E-state index contributed by atoms with van der Waals surface area (Å²) < 4.78 is 23.4. The van der Waals surface area contributed by atoms with E-state index < -0.39 is 20.6 Å². The quantitative estimate of drug-likeness (QED) is 0.782. The fourth-order valence-corrected chi connectivity index (χ4v) is 4.46. The van der Waals surface area contributed by atoms with Crippen LogP contribution in [0.15, 0.2) is 0 Å². The first-order valence-electron chi connectivity index (χ1n) is 5.48. The predicted molar refractivity (Wildman–Crippen MR) is 70.5 cm³/mol. The fourth-order valence-electron chi connectivity index (χ4n) is 1.64. The van der Waals surface area contributed by atoms with Crippen molar-refractivity contribution in [1.82, 2.24) is 4.90 Å². The van der Waals surface area contributed by atoms with Crippen molar-refractivity contribution in [1.29, 1.82) is 0 Å². The van der Waals surface area contributed by atoms with Gasteiger partial charge in [-0.1, -0.05) is 0 Å². The molecule has 1 fully saturated rings. The molecule has 1 amide bonds. The SMILES string of the molecule is CC(C)(CN)C(=O)N1CCSCC1S(C)(=O)=O. The van der Waals surface area contributed by atoms with E-state index in [2.05, 4.69) is 0 Å². The molecule has 1 saturated heterocycles. The molecule has 0 aromatic heterocycles. The standard InChI is InChI=1S/C10H20N2O3S2/c1-10(2,7-11)9(13)12-4-5-16-6-8(12)17(3,14)15/h8H,4-7,11H2,1-3H3. The number of amides is 1. The molecule has 0 saturated carbocycles. The highest BCUT2D eigenvalue weighted by atomic mass is 32.2. The van der Waals surface area contributed by atoms with Crippen LogP contribution in [0.5, 0.6) is 0 Å². The van der Waals surface area contributed by atoms with Crippen molar-refractivity contribution in [2.24, 2.45) is 11.1 Å². The highest BCUT2D eigenvalue weighted by Gasteiger charge is 2.39. The summed E-state index contributed by atoms with van der Waals surface area (Å²) in [6.45, 7) is 4.18. The second-order valence-electron chi connectivity index (χ2n) is 4.95. The summed E-state index contributed by atoms with van der Waals surface area (Å²) in [4.78, 5) is 13.8. The summed E-state index contributed by atoms with van der Waals surface area (Å²) in [5, 5.41) is -0.709. The van der Waals surface area contributed by atoms with E-state index in [9.17, 15) is 13.2 Å². The molecule has 0 aromatic rings. The molecule has 1 atom stereocenters. The monoisotopic (exact) mass is 280 g/mol. The molecular weight excluding hydrogens is 260 g/mol. The molecule has 1 heterocycles. The summed E-state index contributed by atoms with van der Waals surface area (Å²) >= 11 is 1.56. The van der Waals surface area contributed by atoms with Crippen LogP contribution in [0.25, 0.3) is 0 Å². The lowest BCUT2D eigenvalue weighted by molar-refractivity contribution is -0.140. The maximum atomic E-state index is 12.3. The minimum Gasteiger partial charge on any atom is -0.329 e. The third kappa shape index (κ3) is 3.35. The van der Waals surface area contributed by atoms with E-state index in [4.69, 9.17) is 5.73 Å². The van der Waals surface area contributed by atoms with Gasteiger partial charge >= 0.3 is 0 Å². The topological polar surface area (TPSA) is 80.5 Å². The van der Waals surface area contributed by atoms with Crippen LogP contribution in [0, 0.1) is 5.41 Å². The first-order valence-corrected chi connectivity index (χ1v) is 8.59. The second-order valence-corrected chi connectivity index (χ2v) is 8.30. The minimum absolute atomic E-state index is 0.171. The summed E-state index contributed by atoms with van der Waals surface area (Å²) in [5.74, 6) is 1.06. The summed E-state index contributed by atoms with van der Waals surface area (Å²) in [7, 11) is -3.25. The van der Waals surface area contributed by atoms with E-state index in [0.29, 0.717) is 12.3 Å². The van der Waals surface area contributed by atoms with Gasteiger partial charge in [0.1, 0.15) is 5.37 Å². The molecule has 100 valence electrons. The second kappa shape index (κ2) is 5.16. The first-order chi connectivity index (χ1) is 7.70. The third-order valence-electron chi connectivity index (χ3n) is 2.93. The van der Waals surface area contributed by atoms with Gasteiger partial charge in [0, 0.05) is 30.9 Å².